The van der Waals surface area contributed by atoms with E-state index in [1.165, 1.54) is 24.3 Å². The summed E-state index contributed by atoms with van der Waals surface area (Å²) in [6.45, 7) is 0.716. The highest BCUT2D eigenvalue weighted by Crippen LogP contribution is 2.31. The van der Waals surface area contributed by atoms with Crippen molar-refractivity contribution in [3.63, 3.8) is 0 Å². The minimum Gasteiger partial charge on any atom is -0.486 e. The molecule has 1 aliphatic heterocycles. The molecule has 4 rings (SSSR count). The van der Waals surface area contributed by atoms with E-state index in [1.54, 1.807) is 17.1 Å². The fourth-order valence-electron chi connectivity index (χ4n) is 2.77. The maximum atomic E-state index is 12.9. The van der Waals surface area contributed by atoms with Gasteiger partial charge in [-0.15, -0.1) is 0 Å². The molecule has 3 aromatic rings. The van der Waals surface area contributed by atoms with Gasteiger partial charge >= 0.3 is 0 Å². The number of hydrogen-bond acceptors (Lipinski definition) is 5. The van der Waals surface area contributed by atoms with Gasteiger partial charge in [-0.2, -0.15) is 5.10 Å². The summed E-state index contributed by atoms with van der Waals surface area (Å²) in [4.78, 5) is 12.0. The average molecular weight is 383 g/mol. The number of amides is 1. The minimum atomic E-state index is -0.361. The second-order valence-corrected chi connectivity index (χ2v) is 6.24. The van der Waals surface area contributed by atoms with Gasteiger partial charge in [0, 0.05) is 6.20 Å². The molecule has 1 atom stereocenters. The predicted octanol–water partition coefficient (Wildman–Crippen LogP) is 2.88. The molecule has 7 nitrogen and oxygen atoms in total. The number of hydrogen-bond donors (Lipinski definition) is 1. The number of nitrogens with one attached hydrogen (secondary N) is 1. The van der Waals surface area contributed by atoms with Crippen molar-refractivity contribution in [2.45, 2.75) is 12.6 Å². The number of halogens is 1. The SMILES string of the molecule is O=C(COc1ccc(F)cc1)Nc1cnn(CC2COc3ccccc3O2)c1. The number of fused-ring (bicyclic) bond motifs is 1. The van der Waals surface area contributed by atoms with Crippen LogP contribution in [0.3, 0.4) is 0 Å². The van der Waals surface area contributed by atoms with Crippen LogP contribution in [0, 0.1) is 5.82 Å². The molecule has 1 aromatic heterocycles. The molecule has 0 saturated carbocycles. The van der Waals surface area contributed by atoms with Crippen LogP contribution >= 0.6 is 0 Å². The molecule has 0 spiro atoms. The summed E-state index contributed by atoms with van der Waals surface area (Å²) in [6.07, 6.45) is 3.08. The Morgan fingerprint density at radius 1 is 1.21 bits per heavy atom. The smallest absolute Gasteiger partial charge is 0.262 e. The lowest BCUT2D eigenvalue weighted by Crippen LogP contribution is -2.33. The highest BCUT2D eigenvalue weighted by Gasteiger charge is 2.21. The lowest BCUT2D eigenvalue weighted by Gasteiger charge is -2.26. The van der Waals surface area contributed by atoms with Crippen LogP contribution in [0.5, 0.6) is 17.2 Å². The van der Waals surface area contributed by atoms with Crippen LogP contribution in [0.1, 0.15) is 0 Å². The van der Waals surface area contributed by atoms with Crippen LogP contribution < -0.4 is 19.5 Å². The van der Waals surface area contributed by atoms with Crippen LogP contribution in [-0.2, 0) is 11.3 Å². The monoisotopic (exact) mass is 383 g/mol. The van der Waals surface area contributed by atoms with E-state index in [-0.39, 0.29) is 24.4 Å². The normalized spacial score (nSPS) is 15.1. The van der Waals surface area contributed by atoms with E-state index in [9.17, 15) is 9.18 Å². The molecule has 8 heteroatoms. The second-order valence-electron chi connectivity index (χ2n) is 6.24. The molecule has 2 heterocycles. The molecule has 0 saturated heterocycles. The Bertz CT molecular complexity index is 958. The molecule has 28 heavy (non-hydrogen) atoms. The van der Waals surface area contributed by atoms with Crippen molar-refractivity contribution in [1.82, 2.24) is 9.78 Å². The standard InChI is InChI=1S/C20H18FN3O4/c21-14-5-7-16(8-6-14)26-13-20(25)23-15-9-22-24(10-15)11-17-12-27-18-3-1-2-4-19(18)28-17/h1-10,17H,11-13H2,(H,23,25). The van der Waals surface area contributed by atoms with Gasteiger partial charge in [-0.25, -0.2) is 4.39 Å². The van der Waals surface area contributed by atoms with E-state index < -0.39 is 0 Å². The van der Waals surface area contributed by atoms with Gasteiger partial charge < -0.3 is 19.5 Å². The van der Waals surface area contributed by atoms with E-state index in [1.807, 2.05) is 24.3 Å². The molecule has 0 fully saturated rings. The van der Waals surface area contributed by atoms with E-state index in [0.29, 0.717) is 30.3 Å². The highest BCUT2D eigenvalue weighted by molar-refractivity contribution is 5.91. The third-order valence-electron chi connectivity index (χ3n) is 4.06. The van der Waals surface area contributed by atoms with Gasteiger partial charge in [-0.1, -0.05) is 12.1 Å². The van der Waals surface area contributed by atoms with Gasteiger partial charge in [0.25, 0.3) is 5.91 Å². The topological polar surface area (TPSA) is 74.6 Å². The summed E-state index contributed by atoms with van der Waals surface area (Å²) >= 11 is 0. The van der Waals surface area contributed by atoms with Crippen LogP contribution in [0.4, 0.5) is 10.1 Å². The molecule has 2 aromatic carbocycles. The minimum absolute atomic E-state index is 0.180. The Hall–Kier alpha value is -3.55. The maximum absolute atomic E-state index is 12.9. The van der Waals surface area contributed by atoms with Crippen LogP contribution in [0.25, 0.3) is 0 Å². The molecular weight excluding hydrogens is 365 g/mol. The quantitative estimate of drug-likeness (QED) is 0.709. The molecule has 1 unspecified atom stereocenters. The first-order valence-corrected chi connectivity index (χ1v) is 8.75. The summed E-state index contributed by atoms with van der Waals surface area (Å²) < 4.78 is 31.4. The lowest BCUT2D eigenvalue weighted by molar-refractivity contribution is -0.118. The fraction of sp³-hybridized carbons (Fsp3) is 0.200. The molecule has 0 bridgehead atoms. The molecule has 1 amide bonds. The summed E-state index contributed by atoms with van der Waals surface area (Å²) in [5.41, 5.74) is 0.546. The van der Waals surface area contributed by atoms with E-state index in [2.05, 4.69) is 10.4 Å². The Morgan fingerprint density at radius 2 is 2.00 bits per heavy atom. The Balaban J connectivity index is 1.27. The second kappa shape index (κ2) is 7.99. The summed E-state index contributed by atoms with van der Waals surface area (Å²) in [7, 11) is 0. The fourth-order valence-corrected chi connectivity index (χ4v) is 2.77. The number of aromatic nitrogens is 2. The Kier molecular flexibility index (Phi) is 5.09. The summed E-state index contributed by atoms with van der Waals surface area (Å²) in [6, 6.07) is 13.0. The number of rotatable bonds is 6. The van der Waals surface area contributed by atoms with Crippen molar-refractivity contribution in [3.8, 4) is 17.2 Å². The molecule has 144 valence electrons. The van der Waals surface area contributed by atoms with Crippen molar-refractivity contribution in [2.75, 3.05) is 18.5 Å². The van der Waals surface area contributed by atoms with Gasteiger partial charge in [0.15, 0.2) is 24.2 Å². The van der Waals surface area contributed by atoms with E-state index in [4.69, 9.17) is 14.2 Å². The zero-order valence-electron chi connectivity index (χ0n) is 14.9. The summed E-state index contributed by atoms with van der Waals surface area (Å²) in [5.74, 6) is 1.16. The lowest BCUT2D eigenvalue weighted by atomic mass is 10.2. The summed E-state index contributed by atoms with van der Waals surface area (Å²) in [5, 5.41) is 6.93. The average Bonchev–Trinajstić information content (AvgIpc) is 3.14. The predicted molar refractivity (Wildman–Crippen MR) is 99.1 cm³/mol. The number of carbonyl (C=O) groups is 1. The number of para-hydroxylation sites is 2. The van der Waals surface area contributed by atoms with Crippen molar-refractivity contribution in [3.05, 3.63) is 66.7 Å². The van der Waals surface area contributed by atoms with Gasteiger partial charge in [0.05, 0.1) is 18.4 Å². The Labute approximate surface area is 160 Å². The van der Waals surface area contributed by atoms with E-state index in [0.717, 1.165) is 5.75 Å². The number of carbonyl (C=O) groups excluding carboxylic acids is 1. The Morgan fingerprint density at radius 3 is 2.82 bits per heavy atom. The molecule has 1 N–H and O–H groups in total. The molecule has 0 aliphatic carbocycles. The highest BCUT2D eigenvalue weighted by atomic mass is 19.1. The largest absolute Gasteiger partial charge is 0.486 e. The van der Waals surface area contributed by atoms with E-state index >= 15 is 0 Å². The van der Waals surface area contributed by atoms with Crippen molar-refractivity contribution in [1.29, 1.82) is 0 Å². The van der Waals surface area contributed by atoms with Gasteiger partial charge in [-0.3, -0.25) is 9.48 Å². The zero-order chi connectivity index (χ0) is 19.3. The number of ether oxygens (including phenoxy) is 3. The third-order valence-corrected chi connectivity index (χ3v) is 4.06. The van der Waals surface area contributed by atoms with Crippen molar-refractivity contribution in [2.24, 2.45) is 0 Å². The van der Waals surface area contributed by atoms with Crippen molar-refractivity contribution < 1.29 is 23.4 Å². The van der Waals surface area contributed by atoms with Crippen LogP contribution in [0.2, 0.25) is 0 Å². The maximum Gasteiger partial charge on any atom is 0.262 e. The first-order valence-electron chi connectivity index (χ1n) is 8.75. The van der Waals surface area contributed by atoms with Crippen molar-refractivity contribution >= 4 is 11.6 Å². The first-order chi connectivity index (χ1) is 13.7. The number of anilines is 1. The zero-order valence-corrected chi connectivity index (χ0v) is 14.9. The molecule has 1 aliphatic rings. The van der Waals surface area contributed by atoms with Crippen LogP contribution in [0.15, 0.2) is 60.9 Å². The van der Waals surface area contributed by atoms with Gasteiger partial charge in [-0.05, 0) is 36.4 Å². The molecular formula is C20H18FN3O4. The van der Waals surface area contributed by atoms with Crippen LogP contribution in [-0.4, -0.2) is 35.0 Å². The molecule has 0 radical (unpaired) electrons. The first kappa shape index (κ1) is 17.8. The third kappa shape index (κ3) is 4.40. The van der Waals surface area contributed by atoms with Gasteiger partial charge in [0.1, 0.15) is 18.2 Å². The van der Waals surface area contributed by atoms with Gasteiger partial charge in [0.2, 0.25) is 0 Å². The number of nitrogens with zero attached hydrogens (tertiary/aromatic N) is 2. The number of benzene rings is 2.